The van der Waals surface area contributed by atoms with Gasteiger partial charge in [-0.1, -0.05) is 30.8 Å². The Kier molecular flexibility index (Phi) is 7.02. The van der Waals surface area contributed by atoms with Crippen LogP contribution in [0, 0.1) is 0 Å². The molecule has 1 heterocycles. The zero-order valence-corrected chi connectivity index (χ0v) is 14.1. The molecule has 0 spiro atoms. The van der Waals surface area contributed by atoms with Crippen molar-refractivity contribution in [3.8, 4) is 5.75 Å². The number of aliphatic hydroxyl groups excluding tert-OH is 4. The van der Waals surface area contributed by atoms with Crippen LogP contribution in [0.2, 0.25) is 0 Å². The Labute approximate surface area is 144 Å². The van der Waals surface area contributed by atoms with Crippen LogP contribution in [0.4, 0.5) is 0 Å². The second-order valence-electron chi connectivity index (χ2n) is 5.44. The van der Waals surface area contributed by atoms with Gasteiger partial charge in [-0.2, -0.15) is 0 Å². The van der Waals surface area contributed by atoms with E-state index >= 15 is 0 Å². The summed E-state index contributed by atoms with van der Waals surface area (Å²) in [5, 5.41) is 38.6. The van der Waals surface area contributed by atoms with Crippen molar-refractivity contribution >= 4 is 16.9 Å². The van der Waals surface area contributed by atoms with E-state index < -0.39 is 37.3 Å². The fraction of sp³-hybridized carbons (Fsp3) is 0.562. The van der Waals surface area contributed by atoms with Crippen LogP contribution in [0.3, 0.4) is 0 Å². The minimum atomic E-state index is -1.48. The fourth-order valence-corrected chi connectivity index (χ4v) is 2.95. The summed E-state index contributed by atoms with van der Waals surface area (Å²) in [5.41, 5.74) is 0.835. The maximum Gasteiger partial charge on any atom is 0.229 e. The standard InChI is InChI=1S/C16H22O7S/c1-2-24-12(18)7-9-3-5-10(6-4-9)22-16-15(21)14(20)13(19)11(8-17)23-16/h3-6,11,13-17,19-21H,2,7-8H2,1H3/t11?,13-,14?,15?,16+/m1/s1. The second kappa shape index (κ2) is 8.80. The van der Waals surface area contributed by atoms with Crippen LogP contribution in [0.15, 0.2) is 24.3 Å². The van der Waals surface area contributed by atoms with Crippen molar-refractivity contribution in [1.29, 1.82) is 0 Å². The quantitative estimate of drug-likeness (QED) is 0.547. The molecule has 1 aliphatic rings. The molecule has 0 radical (unpaired) electrons. The second-order valence-corrected chi connectivity index (χ2v) is 6.76. The molecule has 1 aliphatic heterocycles. The summed E-state index contributed by atoms with van der Waals surface area (Å²) < 4.78 is 10.8. The molecule has 8 heteroatoms. The van der Waals surface area contributed by atoms with Gasteiger partial charge < -0.3 is 29.9 Å². The number of carbonyl (C=O) groups excluding carboxylic acids is 1. The molecule has 1 aromatic rings. The van der Waals surface area contributed by atoms with E-state index in [9.17, 15) is 20.1 Å². The lowest BCUT2D eigenvalue weighted by atomic mass is 9.99. The average Bonchev–Trinajstić information content (AvgIpc) is 2.57. The molecule has 1 aromatic carbocycles. The van der Waals surface area contributed by atoms with Crippen molar-refractivity contribution in [2.45, 2.75) is 44.1 Å². The lowest BCUT2D eigenvalue weighted by Gasteiger charge is -2.39. The van der Waals surface area contributed by atoms with Crippen LogP contribution >= 0.6 is 11.8 Å². The molecular formula is C16H22O7S. The number of carbonyl (C=O) groups is 1. The van der Waals surface area contributed by atoms with Gasteiger partial charge in [-0.15, -0.1) is 0 Å². The van der Waals surface area contributed by atoms with Crippen molar-refractivity contribution in [3.63, 3.8) is 0 Å². The van der Waals surface area contributed by atoms with E-state index in [1.54, 1.807) is 24.3 Å². The zero-order valence-electron chi connectivity index (χ0n) is 13.2. The first-order chi connectivity index (χ1) is 11.5. The summed E-state index contributed by atoms with van der Waals surface area (Å²) in [6, 6.07) is 6.71. The molecule has 0 amide bonds. The summed E-state index contributed by atoms with van der Waals surface area (Å²) in [6.45, 7) is 1.40. The highest BCUT2D eigenvalue weighted by atomic mass is 32.2. The third kappa shape index (κ3) is 4.69. The van der Waals surface area contributed by atoms with Crippen LogP contribution in [-0.2, 0) is 16.0 Å². The van der Waals surface area contributed by atoms with E-state index in [2.05, 4.69) is 0 Å². The first kappa shape index (κ1) is 19.2. The van der Waals surface area contributed by atoms with Gasteiger partial charge in [0.1, 0.15) is 30.2 Å². The van der Waals surface area contributed by atoms with Crippen molar-refractivity contribution in [2.75, 3.05) is 12.4 Å². The fourth-order valence-electron chi connectivity index (χ4n) is 2.36. The van der Waals surface area contributed by atoms with Crippen LogP contribution in [0.25, 0.3) is 0 Å². The summed E-state index contributed by atoms with van der Waals surface area (Å²) in [6.07, 6.45) is -6.28. The zero-order chi connectivity index (χ0) is 17.7. The largest absolute Gasteiger partial charge is 0.462 e. The first-order valence-corrected chi connectivity index (χ1v) is 8.66. The molecule has 0 saturated carbocycles. The van der Waals surface area contributed by atoms with Gasteiger partial charge in [0, 0.05) is 6.42 Å². The molecule has 4 N–H and O–H groups in total. The predicted octanol–water partition coefficient (Wildman–Crippen LogP) is -0.313. The Hall–Kier alpha value is -1.16. The van der Waals surface area contributed by atoms with E-state index in [4.69, 9.17) is 14.6 Å². The number of rotatable bonds is 6. The molecule has 2 rings (SSSR count). The molecule has 0 aliphatic carbocycles. The summed E-state index contributed by atoms with van der Waals surface area (Å²) in [7, 11) is 0. The van der Waals surface area contributed by atoms with Gasteiger partial charge in [-0.3, -0.25) is 4.79 Å². The molecule has 134 valence electrons. The van der Waals surface area contributed by atoms with Gasteiger partial charge in [-0.05, 0) is 23.4 Å². The van der Waals surface area contributed by atoms with Gasteiger partial charge in [0.25, 0.3) is 0 Å². The average molecular weight is 358 g/mol. The molecule has 7 nitrogen and oxygen atoms in total. The Morgan fingerprint density at radius 3 is 2.42 bits per heavy atom. The topological polar surface area (TPSA) is 116 Å². The van der Waals surface area contributed by atoms with E-state index in [1.807, 2.05) is 6.92 Å². The number of hydrogen-bond donors (Lipinski definition) is 4. The number of aliphatic hydroxyl groups is 4. The summed E-state index contributed by atoms with van der Waals surface area (Å²) in [5.74, 6) is 1.11. The number of ether oxygens (including phenoxy) is 2. The van der Waals surface area contributed by atoms with Gasteiger partial charge in [0.05, 0.1) is 6.61 Å². The third-order valence-corrected chi connectivity index (χ3v) is 4.43. The van der Waals surface area contributed by atoms with Crippen LogP contribution in [0.1, 0.15) is 12.5 Å². The van der Waals surface area contributed by atoms with Crippen molar-refractivity contribution in [3.05, 3.63) is 29.8 Å². The lowest BCUT2D eigenvalue weighted by molar-refractivity contribution is -0.277. The molecule has 24 heavy (non-hydrogen) atoms. The van der Waals surface area contributed by atoms with E-state index in [-0.39, 0.29) is 5.12 Å². The number of thioether (sulfide) groups is 1. The normalized spacial score (nSPS) is 30.1. The SMILES string of the molecule is CCSC(=O)Cc1ccc(O[C@H]2OC(CO)[C@@H](O)C(O)C2O)cc1. The molecule has 1 saturated heterocycles. The summed E-state index contributed by atoms with van der Waals surface area (Å²) in [4.78, 5) is 11.6. The van der Waals surface area contributed by atoms with Crippen molar-refractivity contribution < 1.29 is 34.7 Å². The molecule has 0 bridgehead atoms. The molecule has 5 atom stereocenters. The van der Waals surface area contributed by atoms with Gasteiger partial charge in [0.15, 0.2) is 5.12 Å². The maximum atomic E-state index is 11.6. The van der Waals surface area contributed by atoms with Crippen LogP contribution in [-0.4, -0.2) is 68.6 Å². The van der Waals surface area contributed by atoms with Gasteiger partial charge >= 0.3 is 0 Å². The summed E-state index contributed by atoms with van der Waals surface area (Å²) >= 11 is 1.26. The van der Waals surface area contributed by atoms with Crippen molar-refractivity contribution in [1.82, 2.24) is 0 Å². The Morgan fingerprint density at radius 1 is 1.17 bits per heavy atom. The lowest BCUT2D eigenvalue weighted by Crippen LogP contribution is -2.60. The highest BCUT2D eigenvalue weighted by molar-refractivity contribution is 8.13. The minimum Gasteiger partial charge on any atom is -0.462 e. The molecule has 3 unspecified atom stereocenters. The molecule has 0 aromatic heterocycles. The van der Waals surface area contributed by atoms with Crippen LogP contribution in [0.5, 0.6) is 5.75 Å². The van der Waals surface area contributed by atoms with Crippen molar-refractivity contribution in [2.24, 2.45) is 0 Å². The van der Waals surface area contributed by atoms with E-state index in [0.717, 1.165) is 11.3 Å². The Balaban J connectivity index is 1.98. The first-order valence-electron chi connectivity index (χ1n) is 7.68. The predicted molar refractivity (Wildman–Crippen MR) is 87.7 cm³/mol. The molecule has 1 fully saturated rings. The van der Waals surface area contributed by atoms with Gasteiger partial charge in [0.2, 0.25) is 6.29 Å². The van der Waals surface area contributed by atoms with E-state index in [1.165, 1.54) is 11.8 Å². The Bertz CT molecular complexity index is 534. The highest BCUT2D eigenvalue weighted by Crippen LogP contribution is 2.24. The smallest absolute Gasteiger partial charge is 0.229 e. The van der Waals surface area contributed by atoms with E-state index in [0.29, 0.717) is 12.2 Å². The Morgan fingerprint density at radius 2 is 1.83 bits per heavy atom. The highest BCUT2D eigenvalue weighted by Gasteiger charge is 2.44. The molecular weight excluding hydrogens is 336 g/mol. The minimum absolute atomic E-state index is 0.0834. The van der Waals surface area contributed by atoms with Gasteiger partial charge in [-0.25, -0.2) is 0 Å². The van der Waals surface area contributed by atoms with Crippen LogP contribution < -0.4 is 4.74 Å². The number of benzene rings is 1. The third-order valence-electron chi connectivity index (χ3n) is 3.68. The maximum absolute atomic E-state index is 11.6. The number of hydrogen-bond acceptors (Lipinski definition) is 8. The monoisotopic (exact) mass is 358 g/mol.